The second-order valence-corrected chi connectivity index (χ2v) is 4.24. The molecule has 0 radical (unpaired) electrons. The molecule has 74 valence electrons. The van der Waals surface area contributed by atoms with Crippen LogP contribution in [0.3, 0.4) is 0 Å². The molecule has 13 heavy (non-hydrogen) atoms. The van der Waals surface area contributed by atoms with Crippen LogP contribution in [0.15, 0.2) is 28.7 Å². The van der Waals surface area contributed by atoms with Crippen LogP contribution in [0.1, 0.15) is 25.5 Å². The first-order valence-electron chi connectivity index (χ1n) is 4.12. The van der Waals surface area contributed by atoms with E-state index in [0.29, 0.717) is 5.92 Å². The van der Waals surface area contributed by atoms with Gasteiger partial charge in [0, 0.05) is 10.5 Å². The summed E-state index contributed by atoms with van der Waals surface area (Å²) in [5.41, 5.74) is 7.17. The average Bonchev–Trinajstić information content (AvgIpc) is 2.04. The van der Waals surface area contributed by atoms with Gasteiger partial charge in [-0.25, -0.2) is 0 Å². The van der Waals surface area contributed by atoms with Crippen molar-refractivity contribution in [1.82, 2.24) is 0 Å². The van der Waals surface area contributed by atoms with Crippen molar-refractivity contribution in [3.05, 3.63) is 34.3 Å². The predicted octanol–water partition coefficient (Wildman–Crippen LogP) is 3.53. The van der Waals surface area contributed by atoms with Crippen LogP contribution < -0.4 is 5.73 Å². The third-order valence-corrected chi connectivity index (χ3v) is 2.50. The second kappa shape index (κ2) is 5.63. The lowest BCUT2D eigenvalue weighted by Crippen LogP contribution is -2.16. The van der Waals surface area contributed by atoms with Crippen molar-refractivity contribution in [2.75, 3.05) is 0 Å². The zero-order valence-electron chi connectivity index (χ0n) is 7.83. The van der Waals surface area contributed by atoms with Crippen molar-refractivity contribution in [1.29, 1.82) is 0 Å². The fourth-order valence-electron chi connectivity index (χ4n) is 1.07. The van der Waals surface area contributed by atoms with Crippen molar-refractivity contribution in [2.45, 2.75) is 19.9 Å². The quantitative estimate of drug-likeness (QED) is 0.869. The summed E-state index contributed by atoms with van der Waals surface area (Å²) in [6.45, 7) is 4.26. The fourth-order valence-corrected chi connectivity index (χ4v) is 1.33. The van der Waals surface area contributed by atoms with Gasteiger partial charge in [-0.15, -0.1) is 12.4 Å². The molecule has 0 aromatic heterocycles. The van der Waals surface area contributed by atoms with Crippen molar-refractivity contribution in [3.63, 3.8) is 0 Å². The molecule has 0 amide bonds. The molecule has 1 aromatic carbocycles. The lowest BCUT2D eigenvalue weighted by Gasteiger charge is -2.15. The smallest absolute Gasteiger partial charge is 0.0318 e. The van der Waals surface area contributed by atoms with Crippen LogP contribution in [0.4, 0.5) is 0 Å². The first-order chi connectivity index (χ1) is 5.61. The minimum Gasteiger partial charge on any atom is -0.324 e. The van der Waals surface area contributed by atoms with Crippen molar-refractivity contribution >= 4 is 28.3 Å². The van der Waals surface area contributed by atoms with Crippen LogP contribution in [0.5, 0.6) is 0 Å². The molecule has 1 atom stereocenters. The minimum absolute atomic E-state index is 0. The Kier molecular flexibility index (Phi) is 5.61. The molecule has 0 saturated carbocycles. The van der Waals surface area contributed by atoms with Crippen LogP contribution in [0.25, 0.3) is 0 Å². The Labute approximate surface area is 94.3 Å². The van der Waals surface area contributed by atoms with Gasteiger partial charge < -0.3 is 5.73 Å². The van der Waals surface area contributed by atoms with E-state index in [1.54, 1.807) is 0 Å². The molecule has 0 spiro atoms. The van der Waals surface area contributed by atoms with E-state index in [2.05, 4.69) is 41.9 Å². The predicted molar refractivity (Wildman–Crippen MR) is 63.2 cm³/mol. The second-order valence-electron chi connectivity index (χ2n) is 3.32. The zero-order valence-corrected chi connectivity index (χ0v) is 10.2. The lowest BCUT2D eigenvalue weighted by atomic mass is 9.97. The van der Waals surface area contributed by atoms with Crippen LogP contribution in [0.2, 0.25) is 0 Å². The van der Waals surface area contributed by atoms with E-state index in [4.69, 9.17) is 5.73 Å². The van der Waals surface area contributed by atoms with E-state index < -0.39 is 0 Å². The first kappa shape index (κ1) is 12.9. The zero-order chi connectivity index (χ0) is 9.14. The highest BCUT2D eigenvalue weighted by atomic mass is 79.9. The summed E-state index contributed by atoms with van der Waals surface area (Å²) < 4.78 is 1.10. The van der Waals surface area contributed by atoms with Gasteiger partial charge in [-0.2, -0.15) is 0 Å². The monoisotopic (exact) mass is 263 g/mol. The Hall–Kier alpha value is -0.0500. The molecule has 0 aliphatic rings. The summed E-state index contributed by atoms with van der Waals surface area (Å²) in [7, 11) is 0. The van der Waals surface area contributed by atoms with E-state index in [0.717, 1.165) is 4.47 Å². The van der Waals surface area contributed by atoms with Gasteiger partial charge in [-0.3, -0.25) is 0 Å². The topological polar surface area (TPSA) is 26.0 Å². The van der Waals surface area contributed by atoms with E-state index in [1.165, 1.54) is 5.56 Å². The molecule has 3 heteroatoms. The van der Waals surface area contributed by atoms with Crippen molar-refractivity contribution < 1.29 is 0 Å². The maximum atomic E-state index is 5.97. The van der Waals surface area contributed by atoms with Gasteiger partial charge in [0.15, 0.2) is 0 Å². The number of hydrogen-bond acceptors (Lipinski definition) is 1. The van der Waals surface area contributed by atoms with Gasteiger partial charge in [-0.05, 0) is 23.6 Å². The van der Waals surface area contributed by atoms with Crippen molar-refractivity contribution in [3.8, 4) is 0 Å². The minimum atomic E-state index is 0. The SMILES string of the molecule is CC(C)[C@H](N)c1ccc(Br)cc1.Cl. The number of hydrogen-bond donors (Lipinski definition) is 1. The maximum Gasteiger partial charge on any atom is 0.0318 e. The summed E-state index contributed by atoms with van der Waals surface area (Å²) >= 11 is 3.39. The molecular weight excluding hydrogens is 249 g/mol. The van der Waals surface area contributed by atoms with Crippen LogP contribution in [-0.4, -0.2) is 0 Å². The Morgan fingerprint density at radius 2 is 1.62 bits per heavy atom. The van der Waals surface area contributed by atoms with E-state index in [9.17, 15) is 0 Å². The normalized spacial score (nSPS) is 12.4. The highest BCUT2D eigenvalue weighted by Gasteiger charge is 2.08. The van der Waals surface area contributed by atoms with Gasteiger partial charge >= 0.3 is 0 Å². The maximum absolute atomic E-state index is 5.97. The molecule has 0 saturated heterocycles. The Balaban J connectivity index is 0.00000144. The molecule has 0 aliphatic carbocycles. The van der Waals surface area contributed by atoms with Gasteiger partial charge in [0.2, 0.25) is 0 Å². The summed E-state index contributed by atoms with van der Waals surface area (Å²) in [5.74, 6) is 0.492. The molecule has 0 heterocycles. The van der Waals surface area contributed by atoms with Gasteiger partial charge in [0.25, 0.3) is 0 Å². The number of rotatable bonds is 2. The van der Waals surface area contributed by atoms with Crippen LogP contribution in [-0.2, 0) is 0 Å². The largest absolute Gasteiger partial charge is 0.324 e. The fraction of sp³-hybridized carbons (Fsp3) is 0.400. The highest BCUT2D eigenvalue weighted by Crippen LogP contribution is 2.20. The summed E-state index contributed by atoms with van der Waals surface area (Å²) in [4.78, 5) is 0. The van der Waals surface area contributed by atoms with E-state index >= 15 is 0 Å². The van der Waals surface area contributed by atoms with E-state index in [1.807, 2.05) is 12.1 Å². The number of benzene rings is 1. The number of nitrogens with two attached hydrogens (primary N) is 1. The van der Waals surface area contributed by atoms with Crippen molar-refractivity contribution in [2.24, 2.45) is 11.7 Å². The standard InChI is InChI=1S/C10H14BrN.ClH/c1-7(2)10(12)8-3-5-9(11)6-4-8;/h3-7,10H,12H2,1-2H3;1H/t10-;/m0./s1. The highest BCUT2D eigenvalue weighted by molar-refractivity contribution is 9.10. The summed E-state index contributed by atoms with van der Waals surface area (Å²) in [6.07, 6.45) is 0. The molecule has 1 rings (SSSR count). The molecular formula is C10H15BrClN. The first-order valence-corrected chi connectivity index (χ1v) is 4.91. The van der Waals surface area contributed by atoms with Gasteiger partial charge in [0.05, 0.1) is 0 Å². The Morgan fingerprint density at radius 1 is 1.15 bits per heavy atom. The number of halogens is 2. The average molecular weight is 265 g/mol. The molecule has 0 unspecified atom stereocenters. The van der Waals surface area contributed by atoms with Crippen LogP contribution in [0, 0.1) is 5.92 Å². The third-order valence-electron chi connectivity index (χ3n) is 1.97. The Morgan fingerprint density at radius 3 is 2.00 bits per heavy atom. The Bertz CT molecular complexity index is 246. The molecule has 0 bridgehead atoms. The van der Waals surface area contributed by atoms with Gasteiger partial charge in [-0.1, -0.05) is 41.9 Å². The molecule has 1 aromatic rings. The molecule has 1 nitrogen and oxygen atoms in total. The molecule has 0 aliphatic heterocycles. The van der Waals surface area contributed by atoms with Gasteiger partial charge in [0.1, 0.15) is 0 Å². The summed E-state index contributed by atoms with van der Waals surface area (Å²) in [6, 6.07) is 8.33. The van der Waals surface area contributed by atoms with Crippen LogP contribution >= 0.6 is 28.3 Å². The lowest BCUT2D eigenvalue weighted by molar-refractivity contribution is 0.514. The third kappa shape index (κ3) is 3.67. The van der Waals surface area contributed by atoms with E-state index in [-0.39, 0.29) is 18.4 Å². The molecule has 2 N–H and O–H groups in total. The molecule has 0 fully saturated rings. The summed E-state index contributed by atoms with van der Waals surface area (Å²) in [5, 5.41) is 0.